The fourth-order valence-electron chi connectivity index (χ4n) is 2.99. The molecule has 0 saturated heterocycles. The first kappa shape index (κ1) is 16.4. The molecule has 0 unspecified atom stereocenters. The van der Waals surface area contributed by atoms with Crippen LogP contribution in [0.5, 0.6) is 0 Å². The molecule has 0 atom stereocenters. The zero-order valence-corrected chi connectivity index (χ0v) is 15.0. The van der Waals surface area contributed by atoms with Crippen molar-refractivity contribution >= 4 is 0 Å². The molecular formula is C23H25N. The predicted molar refractivity (Wildman–Crippen MR) is 103 cm³/mol. The lowest BCUT2D eigenvalue weighted by atomic mass is 9.91. The molecule has 2 aromatic carbocycles. The number of hydrogen-bond acceptors (Lipinski definition) is 1. The van der Waals surface area contributed by atoms with Gasteiger partial charge < -0.3 is 0 Å². The van der Waals surface area contributed by atoms with Crippen LogP contribution in [0.25, 0.3) is 22.4 Å². The van der Waals surface area contributed by atoms with Crippen LogP contribution in [0.15, 0.2) is 66.9 Å². The molecule has 1 heterocycles. The van der Waals surface area contributed by atoms with Crippen molar-refractivity contribution in [3.8, 4) is 22.4 Å². The Morgan fingerprint density at radius 2 is 1.38 bits per heavy atom. The smallest absolute Gasteiger partial charge is 0.0708 e. The Kier molecular flexibility index (Phi) is 4.80. The maximum Gasteiger partial charge on any atom is 0.0708 e. The van der Waals surface area contributed by atoms with Gasteiger partial charge in [-0.25, -0.2) is 0 Å². The summed E-state index contributed by atoms with van der Waals surface area (Å²) in [7, 11) is 0. The van der Waals surface area contributed by atoms with Gasteiger partial charge in [-0.15, -0.1) is 0 Å². The van der Waals surface area contributed by atoms with Gasteiger partial charge in [0.1, 0.15) is 0 Å². The molecule has 3 aromatic rings. The molecule has 0 aliphatic heterocycles. The topological polar surface area (TPSA) is 12.9 Å². The molecule has 0 radical (unpaired) electrons. The SMILES string of the molecule is CC(C)c1ccc(-c2cc(-c3ccccc3)ncc2C(C)C)cc1. The maximum absolute atomic E-state index is 4.70. The molecule has 0 aliphatic carbocycles. The standard InChI is InChI=1S/C23H25N/c1-16(2)18-10-12-19(13-11-18)21-14-23(20-8-6-5-7-9-20)24-15-22(21)17(3)4/h5-17H,1-4H3. The van der Waals surface area contributed by atoms with E-state index >= 15 is 0 Å². The molecule has 0 N–H and O–H groups in total. The molecule has 0 fully saturated rings. The maximum atomic E-state index is 4.70. The highest BCUT2D eigenvalue weighted by Crippen LogP contribution is 2.32. The molecule has 1 heteroatoms. The summed E-state index contributed by atoms with van der Waals surface area (Å²) in [4.78, 5) is 4.70. The van der Waals surface area contributed by atoms with E-state index in [0.717, 1.165) is 11.3 Å². The van der Waals surface area contributed by atoms with Gasteiger partial charge in [-0.3, -0.25) is 4.98 Å². The van der Waals surface area contributed by atoms with E-state index in [1.807, 2.05) is 12.3 Å². The number of hydrogen-bond donors (Lipinski definition) is 0. The highest BCUT2D eigenvalue weighted by Gasteiger charge is 2.12. The lowest BCUT2D eigenvalue weighted by Crippen LogP contribution is -1.96. The Hall–Kier alpha value is -2.41. The fourth-order valence-corrected chi connectivity index (χ4v) is 2.99. The summed E-state index contributed by atoms with van der Waals surface area (Å²) in [5, 5.41) is 0. The Bertz CT molecular complexity index is 799. The largest absolute Gasteiger partial charge is 0.256 e. The Morgan fingerprint density at radius 3 is 1.96 bits per heavy atom. The van der Waals surface area contributed by atoms with Crippen LogP contribution in [0.1, 0.15) is 50.7 Å². The van der Waals surface area contributed by atoms with Crippen molar-refractivity contribution in [1.29, 1.82) is 0 Å². The average Bonchev–Trinajstić information content (AvgIpc) is 2.62. The molecule has 1 nitrogen and oxygen atoms in total. The quantitative estimate of drug-likeness (QED) is 0.524. The van der Waals surface area contributed by atoms with Crippen LogP contribution >= 0.6 is 0 Å². The first-order valence-corrected chi connectivity index (χ1v) is 8.72. The summed E-state index contributed by atoms with van der Waals surface area (Å²) >= 11 is 0. The van der Waals surface area contributed by atoms with Gasteiger partial charge >= 0.3 is 0 Å². The van der Waals surface area contributed by atoms with Crippen LogP contribution < -0.4 is 0 Å². The van der Waals surface area contributed by atoms with Crippen LogP contribution in [0, 0.1) is 0 Å². The van der Waals surface area contributed by atoms with Gasteiger partial charge in [0.25, 0.3) is 0 Å². The van der Waals surface area contributed by atoms with E-state index < -0.39 is 0 Å². The van der Waals surface area contributed by atoms with Crippen molar-refractivity contribution in [2.24, 2.45) is 0 Å². The van der Waals surface area contributed by atoms with Crippen LogP contribution in [0.3, 0.4) is 0 Å². The molecule has 0 spiro atoms. The number of benzene rings is 2. The zero-order valence-electron chi connectivity index (χ0n) is 15.0. The Labute approximate surface area is 145 Å². The van der Waals surface area contributed by atoms with Crippen molar-refractivity contribution in [1.82, 2.24) is 4.98 Å². The van der Waals surface area contributed by atoms with Gasteiger partial charge in [0.15, 0.2) is 0 Å². The van der Waals surface area contributed by atoms with E-state index in [4.69, 9.17) is 4.98 Å². The molecule has 1 aromatic heterocycles. The van der Waals surface area contributed by atoms with Gasteiger partial charge in [0, 0.05) is 11.8 Å². The number of rotatable bonds is 4. The lowest BCUT2D eigenvalue weighted by molar-refractivity contribution is 0.859. The van der Waals surface area contributed by atoms with Gasteiger partial charge in [-0.2, -0.15) is 0 Å². The Balaban J connectivity index is 2.10. The molecule has 24 heavy (non-hydrogen) atoms. The second-order valence-electron chi connectivity index (χ2n) is 6.95. The lowest BCUT2D eigenvalue weighted by Gasteiger charge is -2.15. The number of nitrogens with zero attached hydrogens (tertiary/aromatic N) is 1. The van der Waals surface area contributed by atoms with Crippen LogP contribution in [-0.2, 0) is 0 Å². The first-order valence-electron chi connectivity index (χ1n) is 8.72. The number of aromatic nitrogens is 1. The van der Waals surface area contributed by atoms with E-state index in [1.165, 1.54) is 22.3 Å². The van der Waals surface area contributed by atoms with Crippen molar-refractivity contribution in [3.63, 3.8) is 0 Å². The van der Waals surface area contributed by atoms with E-state index in [9.17, 15) is 0 Å². The van der Waals surface area contributed by atoms with E-state index in [-0.39, 0.29) is 0 Å². The van der Waals surface area contributed by atoms with Crippen molar-refractivity contribution in [2.45, 2.75) is 39.5 Å². The molecular weight excluding hydrogens is 290 g/mol. The molecule has 122 valence electrons. The molecule has 0 aliphatic rings. The first-order chi connectivity index (χ1) is 11.6. The van der Waals surface area contributed by atoms with E-state index in [2.05, 4.69) is 82.3 Å². The fraction of sp³-hybridized carbons (Fsp3) is 0.261. The zero-order chi connectivity index (χ0) is 17.1. The third-order valence-electron chi connectivity index (χ3n) is 4.51. The summed E-state index contributed by atoms with van der Waals surface area (Å²) in [6.07, 6.45) is 2.04. The second kappa shape index (κ2) is 7.00. The molecule has 0 amide bonds. The van der Waals surface area contributed by atoms with Gasteiger partial charge in [-0.1, -0.05) is 82.3 Å². The van der Waals surface area contributed by atoms with Gasteiger partial charge in [-0.05, 0) is 40.2 Å². The molecule has 0 bridgehead atoms. The number of pyridine rings is 1. The minimum absolute atomic E-state index is 0.446. The van der Waals surface area contributed by atoms with Crippen LogP contribution in [-0.4, -0.2) is 4.98 Å². The van der Waals surface area contributed by atoms with E-state index in [0.29, 0.717) is 11.8 Å². The molecule has 3 rings (SSSR count). The van der Waals surface area contributed by atoms with Crippen molar-refractivity contribution in [3.05, 3.63) is 78.0 Å². The van der Waals surface area contributed by atoms with Gasteiger partial charge in [0.2, 0.25) is 0 Å². The third kappa shape index (κ3) is 3.41. The summed E-state index contributed by atoms with van der Waals surface area (Å²) in [5.41, 5.74) is 7.42. The van der Waals surface area contributed by atoms with Crippen molar-refractivity contribution < 1.29 is 0 Å². The summed E-state index contributed by atoms with van der Waals surface area (Å²) in [5.74, 6) is 1.00. The van der Waals surface area contributed by atoms with Gasteiger partial charge in [0.05, 0.1) is 5.69 Å². The third-order valence-corrected chi connectivity index (χ3v) is 4.51. The minimum Gasteiger partial charge on any atom is -0.256 e. The van der Waals surface area contributed by atoms with Crippen molar-refractivity contribution in [2.75, 3.05) is 0 Å². The highest BCUT2D eigenvalue weighted by atomic mass is 14.7. The summed E-state index contributed by atoms with van der Waals surface area (Å²) < 4.78 is 0. The predicted octanol–water partition coefficient (Wildman–Crippen LogP) is 6.66. The van der Waals surface area contributed by atoms with Crippen LogP contribution in [0.2, 0.25) is 0 Å². The summed E-state index contributed by atoms with van der Waals surface area (Å²) in [6.45, 7) is 8.92. The summed E-state index contributed by atoms with van der Waals surface area (Å²) in [6, 6.07) is 21.6. The van der Waals surface area contributed by atoms with Crippen LogP contribution in [0.4, 0.5) is 0 Å². The Morgan fingerprint density at radius 1 is 0.708 bits per heavy atom. The average molecular weight is 315 g/mol. The highest BCUT2D eigenvalue weighted by molar-refractivity contribution is 5.73. The minimum atomic E-state index is 0.446. The molecule has 0 saturated carbocycles. The second-order valence-corrected chi connectivity index (χ2v) is 6.95. The normalized spacial score (nSPS) is 11.2. The van der Waals surface area contributed by atoms with E-state index in [1.54, 1.807) is 0 Å². The monoisotopic (exact) mass is 315 g/mol.